The molecule has 2 rings (SSSR count). The van der Waals surface area contributed by atoms with Crippen molar-refractivity contribution in [1.82, 2.24) is 10.2 Å². The van der Waals surface area contributed by atoms with Gasteiger partial charge in [-0.3, -0.25) is 0 Å². The molecule has 0 heterocycles. The van der Waals surface area contributed by atoms with Gasteiger partial charge in [-0.2, -0.15) is 0 Å². The molecule has 0 aliphatic heterocycles. The average Bonchev–Trinajstić information content (AvgIpc) is 2.82. The third-order valence-corrected chi connectivity index (χ3v) is 5.34. The van der Waals surface area contributed by atoms with Gasteiger partial charge in [0, 0.05) is 39.8 Å². The molecular weight excluding hydrogens is 268 g/mol. The van der Waals surface area contributed by atoms with E-state index in [1.807, 2.05) is 7.05 Å². The Balaban J connectivity index is 1.72. The van der Waals surface area contributed by atoms with Crippen LogP contribution in [0.2, 0.25) is 0 Å². The lowest BCUT2D eigenvalue weighted by atomic mass is 9.67. The van der Waals surface area contributed by atoms with E-state index in [9.17, 15) is 9.90 Å². The predicted molar refractivity (Wildman–Crippen MR) is 82.2 cm³/mol. The predicted octanol–water partition coefficient (Wildman–Crippen LogP) is 2.00. The first-order valence-corrected chi connectivity index (χ1v) is 8.22. The van der Waals surface area contributed by atoms with Gasteiger partial charge in [0.1, 0.15) is 0 Å². The van der Waals surface area contributed by atoms with Gasteiger partial charge in [0.15, 0.2) is 0 Å². The molecule has 5 heteroatoms. The van der Waals surface area contributed by atoms with E-state index < -0.39 is 0 Å². The SMILES string of the molecule is COCCC1(CNC(=O)N(C)CC2CCCC2O)CCC1. The summed E-state index contributed by atoms with van der Waals surface area (Å²) < 4.78 is 5.18. The van der Waals surface area contributed by atoms with Gasteiger partial charge in [-0.15, -0.1) is 0 Å². The molecule has 0 saturated heterocycles. The molecule has 2 aliphatic rings. The third-order valence-electron chi connectivity index (χ3n) is 5.34. The Morgan fingerprint density at radius 3 is 2.67 bits per heavy atom. The number of carbonyl (C=O) groups excluding carboxylic acids is 1. The van der Waals surface area contributed by atoms with Gasteiger partial charge < -0.3 is 20.1 Å². The normalized spacial score (nSPS) is 27.2. The summed E-state index contributed by atoms with van der Waals surface area (Å²) in [5, 5.41) is 12.9. The van der Waals surface area contributed by atoms with E-state index in [1.54, 1.807) is 12.0 Å². The summed E-state index contributed by atoms with van der Waals surface area (Å²) >= 11 is 0. The minimum absolute atomic E-state index is 0.0159. The molecule has 2 atom stereocenters. The van der Waals surface area contributed by atoms with Crippen molar-refractivity contribution in [2.45, 2.75) is 51.0 Å². The molecule has 2 amide bonds. The maximum Gasteiger partial charge on any atom is 0.317 e. The molecule has 0 aromatic rings. The topological polar surface area (TPSA) is 61.8 Å². The Hall–Kier alpha value is -0.810. The van der Waals surface area contributed by atoms with E-state index in [4.69, 9.17) is 4.74 Å². The van der Waals surface area contributed by atoms with Gasteiger partial charge >= 0.3 is 6.03 Å². The molecule has 2 aliphatic carbocycles. The van der Waals surface area contributed by atoms with Crippen molar-refractivity contribution in [2.75, 3.05) is 33.9 Å². The van der Waals surface area contributed by atoms with Crippen molar-refractivity contribution in [3.63, 3.8) is 0 Å². The zero-order valence-corrected chi connectivity index (χ0v) is 13.4. The summed E-state index contributed by atoms with van der Waals surface area (Å²) in [7, 11) is 3.55. The number of aliphatic hydroxyl groups is 1. The highest BCUT2D eigenvalue weighted by Gasteiger charge is 2.37. The standard InChI is InChI=1S/C16H30N2O3/c1-18(11-13-5-3-6-14(13)19)15(20)17-12-16(7-4-8-16)9-10-21-2/h13-14,19H,3-12H2,1-2H3,(H,17,20). The fraction of sp³-hybridized carbons (Fsp3) is 0.938. The molecule has 122 valence electrons. The van der Waals surface area contributed by atoms with Crippen LogP contribution in [-0.4, -0.2) is 56.0 Å². The second-order valence-corrected chi connectivity index (χ2v) is 6.89. The van der Waals surface area contributed by atoms with Crippen molar-refractivity contribution >= 4 is 6.03 Å². The van der Waals surface area contributed by atoms with Crippen molar-refractivity contribution in [3.8, 4) is 0 Å². The van der Waals surface area contributed by atoms with Crippen LogP contribution in [0.15, 0.2) is 0 Å². The fourth-order valence-corrected chi connectivity index (χ4v) is 3.57. The molecule has 0 spiro atoms. The van der Waals surface area contributed by atoms with Gasteiger partial charge in [-0.25, -0.2) is 4.79 Å². The zero-order valence-electron chi connectivity index (χ0n) is 13.4. The van der Waals surface area contributed by atoms with Crippen LogP contribution in [0.3, 0.4) is 0 Å². The Labute approximate surface area is 128 Å². The number of aliphatic hydroxyl groups excluding tert-OH is 1. The van der Waals surface area contributed by atoms with E-state index in [-0.39, 0.29) is 23.5 Å². The first-order chi connectivity index (χ1) is 10.1. The molecule has 5 nitrogen and oxygen atoms in total. The van der Waals surface area contributed by atoms with E-state index in [1.165, 1.54) is 19.3 Å². The maximum atomic E-state index is 12.2. The van der Waals surface area contributed by atoms with E-state index in [0.717, 1.165) is 38.8 Å². The Kier molecular flexibility index (Phi) is 5.88. The highest BCUT2D eigenvalue weighted by Crippen LogP contribution is 2.43. The number of hydrogen-bond acceptors (Lipinski definition) is 3. The summed E-state index contributed by atoms with van der Waals surface area (Å²) in [6.45, 7) is 2.16. The fourth-order valence-electron chi connectivity index (χ4n) is 3.57. The number of amides is 2. The first kappa shape index (κ1) is 16.6. The molecule has 2 unspecified atom stereocenters. The van der Waals surface area contributed by atoms with Crippen molar-refractivity contribution in [3.05, 3.63) is 0 Å². The van der Waals surface area contributed by atoms with Crippen molar-refractivity contribution < 1.29 is 14.6 Å². The molecule has 2 fully saturated rings. The van der Waals surface area contributed by atoms with Crippen LogP contribution in [-0.2, 0) is 4.74 Å². The van der Waals surface area contributed by atoms with Crippen LogP contribution in [0, 0.1) is 11.3 Å². The number of carbonyl (C=O) groups is 1. The minimum Gasteiger partial charge on any atom is -0.393 e. The number of hydrogen-bond donors (Lipinski definition) is 2. The maximum absolute atomic E-state index is 12.2. The van der Waals surface area contributed by atoms with E-state index in [2.05, 4.69) is 5.32 Å². The Morgan fingerprint density at radius 1 is 1.38 bits per heavy atom. The van der Waals surface area contributed by atoms with Gasteiger partial charge in [0.05, 0.1) is 6.10 Å². The van der Waals surface area contributed by atoms with Gasteiger partial charge in [-0.1, -0.05) is 12.8 Å². The average molecular weight is 298 g/mol. The number of ether oxygens (including phenoxy) is 1. The van der Waals surface area contributed by atoms with Crippen LogP contribution in [0.4, 0.5) is 4.79 Å². The van der Waals surface area contributed by atoms with Crippen LogP contribution in [0.25, 0.3) is 0 Å². The first-order valence-electron chi connectivity index (χ1n) is 8.22. The third kappa shape index (κ3) is 4.33. The number of nitrogens with zero attached hydrogens (tertiary/aromatic N) is 1. The molecule has 0 bridgehead atoms. The number of nitrogens with one attached hydrogen (secondary N) is 1. The minimum atomic E-state index is -0.236. The quantitative estimate of drug-likeness (QED) is 0.755. The van der Waals surface area contributed by atoms with Crippen molar-refractivity contribution in [1.29, 1.82) is 0 Å². The lowest BCUT2D eigenvalue weighted by Crippen LogP contribution is -2.47. The van der Waals surface area contributed by atoms with E-state index >= 15 is 0 Å². The van der Waals surface area contributed by atoms with Crippen molar-refractivity contribution in [2.24, 2.45) is 11.3 Å². The second kappa shape index (κ2) is 7.45. The number of methoxy groups -OCH3 is 1. The molecule has 0 aromatic carbocycles. The van der Waals surface area contributed by atoms with E-state index in [0.29, 0.717) is 6.54 Å². The molecule has 2 N–H and O–H groups in total. The Morgan fingerprint density at radius 2 is 2.14 bits per heavy atom. The summed E-state index contributed by atoms with van der Waals surface area (Å²) in [5.41, 5.74) is 0.249. The summed E-state index contributed by atoms with van der Waals surface area (Å²) in [6, 6.07) is -0.0159. The van der Waals surface area contributed by atoms with Gasteiger partial charge in [0.25, 0.3) is 0 Å². The summed E-state index contributed by atoms with van der Waals surface area (Å²) in [5.74, 6) is 0.243. The molecule has 0 radical (unpaired) electrons. The number of urea groups is 1. The molecule has 0 aromatic heterocycles. The summed E-state index contributed by atoms with van der Waals surface area (Å²) in [6.07, 6.45) is 7.38. The largest absolute Gasteiger partial charge is 0.393 e. The zero-order chi connectivity index (χ0) is 15.3. The smallest absolute Gasteiger partial charge is 0.317 e. The van der Waals surface area contributed by atoms with Crippen LogP contribution in [0.1, 0.15) is 44.9 Å². The molecule has 21 heavy (non-hydrogen) atoms. The second-order valence-electron chi connectivity index (χ2n) is 6.89. The molecular formula is C16H30N2O3. The molecule has 2 saturated carbocycles. The highest BCUT2D eigenvalue weighted by molar-refractivity contribution is 5.73. The lowest BCUT2D eigenvalue weighted by Gasteiger charge is -2.42. The highest BCUT2D eigenvalue weighted by atomic mass is 16.5. The van der Waals surface area contributed by atoms with Crippen LogP contribution in [0.5, 0.6) is 0 Å². The van der Waals surface area contributed by atoms with Crippen LogP contribution >= 0.6 is 0 Å². The monoisotopic (exact) mass is 298 g/mol. The summed E-state index contributed by atoms with van der Waals surface area (Å²) in [4.78, 5) is 13.9. The Bertz CT molecular complexity index is 344. The lowest BCUT2D eigenvalue weighted by molar-refractivity contribution is 0.0686. The van der Waals surface area contributed by atoms with Gasteiger partial charge in [0.2, 0.25) is 0 Å². The van der Waals surface area contributed by atoms with Crippen LogP contribution < -0.4 is 5.32 Å². The van der Waals surface area contributed by atoms with Gasteiger partial charge in [-0.05, 0) is 37.5 Å². The number of rotatable bonds is 7.